The van der Waals surface area contributed by atoms with Crippen molar-refractivity contribution in [1.82, 2.24) is 10.8 Å². The van der Waals surface area contributed by atoms with Gasteiger partial charge in [0, 0.05) is 25.8 Å². The lowest BCUT2D eigenvalue weighted by Gasteiger charge is -2.34. The van der Waals surface area contributed by atoms with Gasteiger partial charge in [0.1, 0.15) is 5.54 Å². The Balaban J connectivity index is 2.03. The van der Waals surface area contributed by atoms with E-state index >= 15 is 0 Å². The second-order valence-electron chi connectivity index (χ2n) is 5.41. The van der Waals surface area contributed by atoms with E-state index in [0.29, 0.717) is 32.6 Å². The third-order valence-corrected chi connectivity index (χ3v) is 3.88. The molecule has 7 nitrogen and oxygen atoms in total. The molecule has 4 N–H and O–H groups in total. The smallest absolute Gasteiger partial charge is 0.324 e. The van der Waals surface area contributed by atoms with Crippen LogP contribution in [0.15, 0.2) is 30.3 Å². The van der Waals surface area contributed by atoms with E-state index in [-0.39, 0.29) is 0 Å². The number of hydrogen-bond donors (Lipinski definition) is 4. The molecule has 0 unspecified atom stereocenters. The quantitative estimate of drug-likeness (QED) is 0.353. The van der Waals surface area contributed by atoms with Crippen molar-refractivity contribution < 1.29 is 24.6 Å². The molecular weight excluding hydrogens is 300 g/mol. The first-order valence-corrected chi connectivity index (χ1v) is 7.33. The first-order valence-electron chi connectivity index (χ1n) is 7.33. The van der Waals surface area contributed by atoms with Gasteiger partial charge in [-0.1, -0.05) is 24.3 Å². The van der Waals surface area contributed by atoms with Crippen LogP contribution in [0.3, 0.4) is 0 Å². The lowest BCUT2D eigenvalue weighted by Crippen LogP contribution is -2.55. The third-order valence-electron chi connectivity index (χ3n) is 3.88. The summed E-state index contributed by atoms with van der Waals surface area (Å²) in [5.41, 5.74) is 2.25. The topological polar surface area (TPSA) is 108 Å². The van der Waals surface area contributed by atoms with Gasteiger partial charge in [-0.25, -0.2) is 5.48 Å². The largest absolute Gasteiger partial charge is 0.480 e. The molecule has 1 aromatic rings. The van der Waals surface area contributed by atoms with E-state index in [1.165, 1.54) is 11.6 Å². The summed E-state index contributed by atoms with van der Waals surface area (Å²) in [6, 6.07) is 7.37. The lowest BCUT2D eigenvalue weighted by molar-refractivity contribution is -0.149. The van der Waals surface area contributed by atoms with Crippen molar-refractivity contribution in [3.8, 4) is 0 Å². The molecule has 0 spiro atoms. The van der Waals surface area contributed by atoms with E-state index in [9.17, 15) is 14.7 Å². The van der Waals surface area contributed by atoms with Gasteiger partial charge >= 0.3 is 5.97 Å². The summed E-state index contributed by atoms with van der Waals surface area (Å²) >= 11 is 0. The van der Waals surface area contributed by atoms with Gasteiger partial charge in [0.05, 0.1) is 0 Å². The van der Waals surface area contributed by atoms with E-state index in [1.54, 1.807) is 6.08 Å². The maximum atomic E-state index is 11.6. The number of carboxylic acid groups (broad SMARTS) is 1. The highest BCUT2D eigenvalue weighted by molar-refractivity contribution is 5.90. The normalized spacial score (nSPS) is 17.1. The Kier molecular flexibility index (Phi) is 5.86. The van der Waals surface area contributed by atoms with Gasteiger partial charge in [-0.05, 0) is 30.0 Å². The van der Waals surface area contributed by atoms with E-state index < -0.39 is 17.4 Å². The third kappa shape index (κ3) is 4.62. The van der Waals surface area contributed by atoms with Crippen molar-refractivity contribution in [2.75, 3.05) is 13.2 Å². The Morgan fingerprint density at radius 3 is 2.70 bits per heavy atom. The molecular formula is C16H20N2O5. The molecule has 2 rings (SSSR count). The number of carbonyl (C=O) groups excluding carboxylic acids is 1. The van der Waals surface area contributed by atoms with Crippen molar-refractivity contribution in [3.63, 3.8) is 0 Å². The highest BCUT2D eigenvalue weighted by Crippen LogP contribution is 2.22. The standard InChI is InChI=1S/C16H20N2O5/c19-14(18-22)5-4-12-2-1-3-13(10-12)11-17-16(15(20)21)6-8-23-9-7-16/h1-5,10,17,22H,6-9,11H2,(H,18,19)(H,20,21)/b5-4+. The SMILES string of the molecule is O=C(/C=C/c1cccc(CNC2(C(=O)O)CCOCC2)c1)NO. The molecule has 1 aliphatic heterocycles. The predicted octanol–water partition coefficient (Wildman–Crippen LogP) is 0.929. The molecule has 0 aliphatic carbocycles. The molecule has 0 radical (unpaired) electrons. The summed E-state index contributed by atoms with van der Waals surface area (Å²) in [7, 11) is 0. The van der Waals surface area contributed by atoms with Crippen molar-refractivity contribution in [3.05, 3.63) is 41.5 Å². The molecule has 1 heterocycles. The van der Waals surface area contributed by atoms with Gasteiger partial charge in [-0.15, -0.1) is 0 Å². The molecule has 23 heavy (non-hydrogen) atoms. The fraction of sp³-hybridized carbons (Fsp3) is 0.375. The average molecular weight is 320 g/mol. The van der Waals surface area contributed by atoms with Gasteiger partial charge in [0.25, 0.3) is 5.91 Å². The van der Waals surface area contributed by atoms with E-state index in [0.717, 1.165) is 11.1 Å². The molecule has 1 saturated heterocycles. The van der Waals surface area contributed by atoms with Crippen LogP contribution in [0.5, 0.6) is 0 Å². The monoisotopic (exact) mass is 320 g/mol. The van der Waals surface area contributed by atoms with E-state index in [4.69, 9.17) is 9.94 Å². The first kappa shape index (κ1) is 17.1. The number of carboxylic acids is 1. The van der Waals surface area contributed by atoms with Crippen LogP contribution in [0.1, 0.15) is 24.0 Å². The van der Waals surface area contributed by atoms with E-state index in [2.05, 4.69) is 5.32 Å². The van der Waals surface area contributed by atoms with Crippen molar-refractivity contribution in [2.45, 2.75) is 24.9 Å². The summed E-state index contributed by atoms with van der Waals surface area (Å²) in [5.74, 6) is -1.47. The summed E-state index contributed by atoms with van der Waals surface area (Å²) in [5, 5.41) is 21.1. The minimum absolute atomic E-state index is 0.403. The molecule has 0 bridgehead atoms. The number of hydroxylamine groups is 1. The zero-order valence-electron chi connectivity index (χ0n) is 12.6. The van der Waals surface area contributed by atoms with Gasteiger partial charge in [0.15, 0.2) is 0 Å². The predicted molar refractivity (Wildman–Crippen MR) is 82.7 cm³/mol. The number of nitrogens with one attached hydrogen (secondary N) is 2. The number of ether oxygens (including phenoxy) is 1. The second kappa shape index (κ2) is 7.87. The van der Waals surface area contributed by atoms with Crippen LogP contribution in [0.2, 0.25) is 0 Å². The van der Waals surface area contributed by atoms with E-state index in [1.807, 2.05) is 24.3 Å². The molecule has 1 fully saturated rings. The number of hydrogen-bond acceptors (Lipinski definition) is 5. The Morgan fingerprint density at radius 2 is 2.04 bits per heavy atom. The minimum atomic E-state index is -0.957. The van der Waals surface area contributed by atoms with Gasteiger partial charge in [-0.2, -0.15) is 0 Å². The maximum Gasteiger partial charge on any atom is 0.324 e. The summed E-state index contributed by atoms with van der Waals surface area (Å²) < 4.78 is 5.24. The highest BCUT2D eigenvalue weighted by atomic mass is 16.5. The number of amides is 1. The number of rotatable bonds is 6. The Labute approximate surface area is 133 Å². The van der Waals surface area contributed by atoms with Gasteiger partial charge in [-0.3, -0.25) is 20.1 Å². The summed E-state index contributed by atoms with van der Waals surface area (Å²) in [6.07, 6.45) is 3.64. The van der Waals surface area contributed by atoms with Crippen LogP contribution in [0.4, 0.5) is 0 Å². The molecule has 124 valence electrons. The second-order valence-corrected chi connectivity index (χ2v) is 5.41. The van der Waals surface area contributed by atoms with Crippen LogP contribution in [-0.4, -0.2) is 40.9 Å². The molecule has 1 amide bonds. The van der Waals surface area contributed by atoms with Crippen LogP contribution >= 0.6 is 0 Å². The zero-order valence-corrected chi connectivity index (χ0v) is 12.6. The van der Waals surface area contributed by atoms with Crippen molar-refractivity contribution in [1.29, 1.82) is 0 Å². The molecule has 1 aromatic carbocycles. The summed E-state index contributed by atoms with van der Waals surface area (Å²) in [6.45, 7) is 1.26. The maximum absolute atomic E-state index is 11.6. The summed E-state index contributed by atoms with van der Waals surface area (Å²) in [4.78, 5) is 22.6. The number of benzene rings is 1. The van der Waals surface area contributed by atoms with Crippen LogP contribution in [0, 0.1) is 0 Å². The highest BCUT2D eigenvalue weighted by Gasteiger charge is 2.39. The Hall–Kier alpha value is -2.22. The minimum Gasteiger partial charge on any atom is -0.480 e. The molecule has 7 heteroatoms. The lowest BCUT2D eigenvalue weighted by atomic mass is 9.90. The fourth-order valence-electron chi connectivity index (χ4n) is 2.47. The first-order chi connectivity index (χ1) is 11.1. The molecule has 1 aliphatic rings. The average Bonchev–Trinajstić information content (AvgIpc) is 2.59. The van der Waals surface area contributed by atoms with Crippen LogP contribution < -0.4 is 10.8 Å². The van der Waals surface area contributed by atoms with Crippen LogP contribution in [0.25, 0.3) is 6.08 Å². The van der Waals surface area contributed by atoms with Crippen LogP contribution in [-0.2, 0) is 20.9 Å². The van der Waals surface area contributed by atoms with Gasteiger partial charge < -0.3 is 9.84 Å². The zero-order chi connectivity index (χ0) is 16.7. The number of carbonyl (C=O) groups is 2. The van der Waals surface area contributed by atoms with Crippen molar-refractivity contribution in [2.24, 2.45) is 0 Å². The molecule has 0 atom stereocenters. The number of aliphatic carboxylic acids is 1. The Bertz CT molecular complexity index is 594. The molecule has 0 saturated carbocycles. The van der Waals surface area contributed by atoms with Crippen molar-refractivity contribution >= 4 is 18.0 Å². The fourth-order valence-corrected chi connectivity index (χ4v) is 2.47. The van der Waals surface area contributed by atoms with Gasteiger partial charge in [0.2, 0.25) is 0 Å². The molecule has 0 aromatic heterocycles. The Morgan fingerprint density at radius 1 is 1.30 bits per heavy atom.